The molecule has 118 valence electrons. The standard InChI is InChI=1S/C14H24N4O2S/c1-14(2,3)17-13(15)16-10-11-6-8-12(9-7-11)21(19,20)18(4)5/h6-9H,10H2,1-5H3,(H3,15,16,17). The third-order valence-corrected chi connectivity index (χ3v) is 4.47. The van der Waals surface area contributed by atoms with E-state index in [0.717, 1.165) is 5.56 Å². The van der Waals surface area contributed by atoms with Gasteiger partial charge in [-0.25, -0.2) is 17.7 Å². The van der Waals surface area contributed by atoms with Crippen molar-refractivity contribution in [3.05, 3.63) is 29.8 Å². The van der Waals surface area contributed by atoms with Crippen molar-refractivity contribution in [2.75, 3.05) is 14.1 Å². The third-order valence-electron chi connectivity index (χ3n) is 2.64. The minimum absolute atomic E-state index is 0.142. The molecule has 0 unspecified atom stereocenters. The highest BCUT2D eigenvalue weighted by Gasteiger charge is 2.16. The average molecular weight is 312 g/mol. The van der Waals surface area contributed by atoms with Gasteiger partial charge < -0.3 is 11.1 Å². The number of hydrogen-bond acceptors (Lipinski definition) is 3. The maximum atomic E-state index is 11.9. The topological polar surface area (TPSA) is 87.8 Å². The Bertz CT molecular complexity index is 599. The fourth-order valence-corrected chi connectivity index (χ4v) is 2.48. The van der Waals surface area contributed by atoms with E-state index >= 15 is 0 Å². The van der Waals surface area contributed by atoms with Crippen molar-refractivity contribution in [2.45, 2.75) is 37.8 Å². The first-order valence-corrected chi connectivity index (χ1v) is 8.06. The Morgan fingerprint density at radius 3 is 2.19 bits per heavy atom. The molecule has 0 fully saturated rings. The van der Waals surface area contributed by atoms with E-state index in [4.69, 9.17) is 5.73 Å². The van der Waals surface area contributed by atoms with Crippen LogP contribution in [0.25, 0.3) is 0 Å². The highest BCUT2D eigenvalue weighted by atomic mass is 32.2. The number of guanidine groups is 1. The first-order chi connectivity index (χ1) is 9.52. The fraction of sp³-hybridized carbons (Fsp3) is 0.500. The van der Waals surface area contributed by atoms with Crippen molar-refractivity contribution in [3.63, 3.8) is 0 Å². The van der Waals surface area contributed by atoms with Crippen molar-refractivity contribution in [1.82, 2.24) is 9.62 Å². The summed E-state index contributed by atoms with van der Waals surface area (Å²) >= 11 is 0. The van der Waals surface area contributed by atoms with Crippen LogP contribution in [0.5, 0.6) is 0 Å². The van der Waals surface area contributed by atoms with E-state index < -0.39 is 10.0 Å². The molecule has 1 aromatic carbocycles. The van der Waals surface area contributed by atoms with Gasteiger partial charge in [0.15, 0.2) is 5.96 Å². The number of sulfonamides is 1. The fourth-order valence-electron chi connectivity index (χ4n) is 1.58. The molecule has 0 bridgehead atoms. The maximum Gasteiger partial charge on any atom is 0.242 e. The van der Waals surface area contributed by atoms with Crippen LogP contribution < -0.4 is 11.1 Å². The Morgan fingerprint density at radius 1 is 1.24 bits per heavy atom. The van der Waals surface area contributed by atoms with E-state index in [9.17, 15) is 8.42 Å². The summed E-state index contributed by atoms with van der Waals surface area (Å²) in [5.74, 6) is 0.368. The molecule has 0 spiro atoms. The molecule has 0 atom stereocenters. The van der Waals surface area contributed by atoms with Crippen molar-refractivity contribution < 1.29 is 8.42 Å². The SMILES string of the molecule is CN(C)S(=O)(=O)c1ccc(CN=C(N)NC(C)(C)C)cc1. The molecule has 0 aromatic heterocycles. The van der Waals surface area contributed by atoms with E-state index in [-0.39, 0.29) is 10.4 Å². The summed E-state index contributed by atoms with van der Waals surface area (Å²) in [6, 6.07) is 6.63. The van der Waals surface area contributed by atoms with Gasteiger partial charge in [0.2, 0.25) is 10.0 Å². The summed E-state index contributed by atoms with van der Waals surface area (Å²) in [4.78, 5) is 4.50. The van der Waals surface area contributed by atoms with Crippen LogP contribution >= 0.6 is 0 Å². The van der Waals surface area contributed by atoms with Crippen molar-refractivity contribution in [2.24, 2.45) is 10.7 Å². The van der Waals surface area contributed by atoms with Crippen molar-refractivity contribution in [1.29, 1.82) is 0 Å². The minimum atomic E-state index is -3.39. The Morgan fingerprint density at radius 2 is 1.76 bits per heavy atom. The predicted octanol–water partition coefficient (Wildman–Crippen LogP) is 1.14. The van der Waals surface area contributed by atoms with Crippen LogP contribution in [0.4, 0.5) is 0 Å². The lowest BCUT2D eigenvalue weighted by Crippen LogP contribution is -2.44. The van der Waals surface area contributed by atoms with E-state index in [0.29, 0.717) is 12.5 Å². The summed E-state index contributed by atoms with van der Waals surface area (Å²) in [6.07, 6.45) is 0. The molecule has 0 heterocycles. The lowest BCUT2D eigenvalue weighted by Gasteiger charge is -2.21. The number of aliphatic imine (C=N–C) groups is 1. The van der Waals surface area contributed by atoms with Crippen LogP contribution in [0.2, 0.25) is 0 Å². The second-order valence-electron chi connectivity index (χ2n) is 6.01. The summed E-state index contributed by atoms with van der Waals surface area (Å²) in [6.45, 7) is 6.39. The van der Waals surface area contributed by atoms with E-state index in [2.05, 4.69) is 10.3 Å². The van der Waals surface area contributed by atoms with Crippen molar-refractivity contribution >= 4 is 16.0 Å². The molecule has 0 aliphatic heterocycles. The van der Waals surface area contributed by atoms with Gasteiger partial charge in [0.05, 0.1) is 11.4 Å². The second-order valence-corrected chi connectivity index (χ2v) is 8.16. The predicted molar refractivity (Wildman–Crippen MR) is 85.5 cm³/mol. The quantitative estimate of drug-likeness (QED) is 0.644. The lowest BCUT2D eigenvalue weighted by atomic mass is 10.1. The third kappa shape index (κ3) is 5.35. The number of benzene rings is 1. The Balaban J connectivity index is 2.79. The summed E-state index contributed by atoms with van der Waals surface area (Å²) < 4.78 is 25.1. The Kier molecular flexibility index (Phi) is 5.36. The summed E-state index contributed by atoms with van der Waals surface area (Å²) in [5.41, 5.74) is 6.54. The molecule has 6 nitrogen and oxygen atoms in total. The molecule has 0 amide bonds. The van der Waals surface area contributed by atoms with Crippen LogP contribution in [-0.2, 0) is 16.6 Å². The lowest BCUT2D eigenvalue weighted by molar-refractivity contribution is 0.508. The molecule has 3 N–H and O–H groups in total. The van der Waals surface area contributed by atoms with E-state index in [1.165, 1.54) is 18.4 Å². The monoisotopic (exact) mass is 312 g/mol. The zero-order chi connectivity index (χ0) is 16.3. The van der Waals surface area contributed by atoms with Gasteiger partial charge in [0, 0.05) is 19.6 Å². The highest BCUT2D eigenvalue weighted by molar-refractivity contribution is 7.89. The second kappa shape index (κ2) is 6.44. The van der Waals surface area contributed by atoms with Crippen molar-refractivity contribution in [3.8, 4) is 0 Å². The first kappa shape index (κ1) is 17.5. The number of nitrogens with two attached hydrogens (primary N) is 1. The summed E-state index contributed by atoms with van der Waals surface area (Å²) in [7, 11) is -0.376. The van der Waals surface area contributed by atoms with Gasteiger partial charge in [-0.3, -0.25) is 0 Å². The van der Waals surface area contributed by atoms with Crippen LogP contribution in [-0.4, -0.2) is 38.3 Å². The van der Waals surface area contributed by atoms with Crippen LogP contribution in [0.1, 0.15) is 26.3 Å². The molecule has 0 saturated heterocycles. The van der Waals surface area contributed by atoms with Gasteiger partial charge >= 0.3 is 0 Å². The molecular formula is C14H24N4O2S. The van der Waals surface area contributed by atoms with E-state index in [1.807, 2.05) is 20.8 Å². The van der Waals surface area contributed by atoms with E-state index in [1.54, 1.807) is 24.3 Å². The first-order valence-electron chi connectivity index (χ1n) is 6.62. The molecule has 21 heavy (non-hydrogen) atoms. The van der Waals surface area contributed by atoms with Crippen LogP contribution in [0.15, 0.2) is 34.2 Å². The molecule has 0 aliphatic rings. The minimum Gasteiger partial charge on any atom is -0.370 e. The maximum absolute atomic E-state index is 11.9. The molecular weight excluding hydrogens is 288 g/mol. The largest absolute Gasteiger partial charge is 0.370 e. The average Bonchev–Trinajstić information content (AvgIpc) is 2.34. The molecule has 1 rings (SSSR count). The van der Waals surface area contributed by atoms with Gasteiger partial charge in [-0.15, -0.1) is 0 Å². The molecule has 0 aliphatic carbocycles. The van der Waals surface area contributed by atoms with Gasteiger partial charge in [-0.1, -0.05) is 12.1 Å². The normalized spacial score (nSPS) is 13.5. The zero-order valence-electron chi connectivity index (χ0n) is 13.2. The smallest absolute Gasteiger partial charge is 0.242 e. The summed E-state index contributed by atoms with van der Waals surface area (Å²) in [5, 5.41) is 3.07. The van der Waals surface area contributed by atoms with Gasteiger partial charge in [-0.05, 0) is 38.5 Å². The molecule has 1 aromatic rings. The van der Waals surface area contributed by atoms with Crippen LogP contribution in [0.3, 0.4) is 0 Å². The number of nitrogens with zero attached hydrogens (tertiary/aromatic N) is 2. The Hall–Kier alpha value is -1.60. The molecule has 0 radical (unpaired) electrons. The Labute approximate surface area is 127 Å². The molecule has 0 saturated carbocycles. The van der Waals surface area contributed by atoms with Gasteiger partial charge in [0.25, 0.3) is 0 Å². The molecule has 7 heteroatoms. The number of rotatable bonds is 4. The zero-order valence-corrected chi connectivity index (χ0v) is 14.0. The van der Waals surface area contributed by atoms with Crippen LogP contribution in [0, 0.1) is 0 Å². The van der Waals surface area contributed by atoms with Gasteiger partial charge in [-0.2, -0.15) is 0 Å². The highest BCUT2D eigenvalue weighted by Crippen LogP contribution is 2.14. The number of hydrogen-bond donors (Lipinski definition) is 2. The number of nitrogens with one attached hydrogen (secondary N) is 1. The van der Waals surface area contributed by atoms with Gasteiger partial charge in [0.1, 0.15) is 0 Å².